The second-order valence-electron chi connectivity index (χ2n) is 10.7. The van der Waals surface area contributed by atoms with E-state index in [4.69, 9.17) is 9.84 Å². The van der Waals surface area contributed by atoms with E-state index in [9.17, 15) is 36.7 Å². The van der Waals surface area contributed by atoms with Gasteiger partial charge in [-0.1, -0.05) is 13.8 Å². The SMILES string of the molecule is CC1(C(=O)NCc2cnc(C(F)F)c(C(=O)O)c2)CC1.CCOC(=O)c1cc(CNC(=O)C2(C)CC2)cnc1C(F)F. The van der Waals surface area contributed by atoms with Crippen LogP contribution in [0.2, 0.25) is 0 Å². The van der Waals surface area contributed by atoms with Crippen LogP contribution in [0.4, 0.5) is 17.6 Å². The first-order valence-corrected chi connectivity index (χ1v) is 13.2. The lowest BCUT2D eigenvalue weighted by atomic mass is 10.1. The third-order valence-corrected chi connectivity index (χ3v) is 7.09. The molecule has 228 valence electrons. The molecule has 2 fully saturated rings. The van der Waals surface area contributed by atoms with Crippen molar-refractivity contribution in [2.75, 3.05) is 6.61 Å². The summed E-state index contributed by atoms with van der Waals surface area (Å²) < 4.78 is 55.8. The van der Waals surface area contributed by atoms with E-state index >= 15 is 0 Å². The van der Waals surface area contributed by atoms with Crippen LogP contribution >= 0.6 is 0 Å². The molecule has 0 radical (unpaired) electrons. The number of hydrogen-bond donors (Lipinski definition) is 3. The molecule has 2 amide bonds. The van der Waals surface area contributed by atoms with Crippen molar-refractivity contribution in [1.82, 2.24) is 20.6 Å². The van der Waals surface area contributed by atoms with E-state index in [-0.39, 0.29) is 47.9 Å². The van der Waals surface area contributed by atoms with Crippen molar-refractivity contribution >= 4 is 23.8 Å². The van der Waals surface area contributed by atoms with Gasteiger partial charge in [0.15, 0.2) is 0 Å². The van der Waals surface area contributed by atoms with Gasteiger partial charge in [-0.3, -0.25) is 19.6 Å². The first kappa shape index (κ1) is 32.4. The lowest BCUT2D eigenvalue weighted by molar-refractivity contribution is -0.126. The molecule has 0 saturated heterocycles. The summed E-state index contributed by atoms with van der Waals surface area (Å²) >= 11 is 0. The van der Waals surface area contributed by atoms with E-state index in [0.29, 0.717) is 11.1 Å². The zero-order chi connectivity index (χ0) is 31.2. The van der Waals surface area contributed by atoms with Gasteiger partial charge in [0.25, 0.3) is 12.9 Å². The molecule has 4 rings (SSSR count). The van der Waals surface area contributed by atoms with Crippen molar-refractivity contribution in [3.63, 3.8) is 0 Å². The van der Waals surface area contributed by atoms with Crippen LogP contribution in [0.25, 0.3) is 0 Å². The maximum absolute atomic E-state index is 12.9. The van der Waals surface area contributed by atoms with E-state index in [0.717, 1.165) is 37.9 Å². The van der Waals surface area contributed by atoms with Crippen LogP contribution in [0.15, 0.2) is 24.5 Å². The molecule has 0 atom stereocenters. The molecule has 42 heavy (non-hydrogen) atoms. The molecule has 2 saturated carbocycles. The zero-order valence-electron chi connectivity index (χ0n) is 23.3. The van der Waals surface area contributed by atoms with Crippen molar-refractivity contribution in [2.24, 2.45) is 10.8 Å². The van der Waals surface area contributed by atoms with Gasteiger partial charge in [-0.15, -0.1) is 0 Å². The number of rotatable bonds is 11. The van der Waals surface area contributed by atoms with Crippen molar-refractivity contribution in [1.29, 1.82) is 0 Å². The molecule has 0 spiro atoms. The first-order chi connectivity index (χ1) is 19.7. The number of pyridine rings is 2. The average molecular weight is 597 g/mol. The van der Waals surface area contributed by atoms with Crippen molar-refractivity contribution < 1.29 is 46.6 Å². The minimum absolute atomic E-state index is 0.0746. The summed E-state index contributed by atoms with van der Waals surface area (Å²) in [4.78, 5) is 53.4. The fourth-order valence-electron chi connectivity index (χ4n) is 3.74. The van der Waals surface area contributed by atoms with Crippen LogP contribution < -0.4 is 10.6 Å². The smallest absolute Gasteiger partial charge is 0.340 e. The van der Waals surface area contributed by atoms with Crippen LogP contribution in [0.1, 0.15) is 103 Å². The number of hydrogen-bond acceptors (Lipinski definition) is 7. The Morgan fingerprint density at radius 3 is 1.60 bits per heavy atom. The Labute approximate surface area is 239 Å². The molecular formula is C28H32F4N4O6. The number of carboxylic acids is 1. The molecule has 0 bridgehead atoms. The molecule has 2 aliphatic rings. The first-order valence-electron chi connectivity index (χ1n) is 13.2. The van der Waals surface area contributed by atoms with Gasteiger partial charge in [-0.2, -0.15) is 0 Å². The zero-order valence-corrected chi connectivity index (χ0v) is 23.3. The number of carbonyl (C=O) groups is 4. The monoisotopic (exact) mass is 596 g/mol. The summed E-state index contributed by atoms with van der Waals surface area (Å²) in [5.41, 5.74) is -1.98. The molecule has 2 heterocycles. The van der Waals surface area contributed by atoms with Gasteiger partial charge in [-0.25, -0.2) is 27.2 Å². The van der Waals surface area contributed by atoms with E-state index in [1.807, 2.05) is 13.8 Å². The predicted molar refractivity (Wildman–Crippen MR) is 140 cm³/mol. The van der Waals surface area contributed by atoms with Gasteiger partial charge in [0, 0.05) is 36.3 Å². The predicted octanol–water partition coefficient (Wildman–Crippen LogP) is 4.75. The number of ether oxygens (including phenoxy) is 1. The van der Waals surface area contributed by atoms with E-state index in [1.54, 1.807) is 6.92 Å². The third kappa shape index (κ3) is 8.23. The van der Waals surface area contributed by atoms with Gasteiger partial charge < -0.3 is 20.5 Å². The molecular weight excluding hydrogens is 564 g/mol. The van der Waals surface area contributed by atoms with E-state index in [1.165, 1.54) is 12.3 Å². The quantitative estimate of drug-likeness (QED) is 0.249. The Morgan fingerprint density at radius 2 is 1.24 bits per heavy atom. The Bertz CT molecular complexity index is 1350. The summed E-state index contributed by atoms with van der Waals surface area (Å²) in [6.07, 6.45) is -0.0962. The van der Waals surface area contributed by atoms with E-state index < -0.39 is 41.7 Å². The third-order valence-electron chi connectivity index (χ3n) is 7.09. The van der Waals surface area contributed by atoms with Gasteiger partial charge >= 0.3 is 11.9 Å². The van der Waals surface area contributed by atoms with Gasteiger partial charge in [0.05, 0.1) is 17.7 Å². The van der Waals surface area contributed by atoms with Gasteiger partial charge in [-0.05, 0) is 55.9 Å². The number of carboxylic acid groups (broad SMARTS) is 1. The summed E-state index contributed by atoms with van der Waals surface area (Å²) in [7, 11) is 0. The highest BCUT2D eigenvalue weighted by atomic mass is 19.3. The van der Waals surface area contributed by atoms with Crippen LogP contribution in [-0.4, -0.2) is 45.4 Å². The summed E-state index contributed by atoms with van der Waals surface area (Å²) in [5.74, 6) is -2.50. The van der Waals surface area contributed by atoms with Crippen LogP contribution in [-0.2, 0) is 27.4 Å². The lowest BCUT2D eigenvalue weighted by Gasteiger charge is -2.12. The number of nitrogens with one attached hydrogen (secondary N) is 2. The van der Waals surface area contributed by atoms with Crippen molar-refractivity contribution in [3.05, 3.63) is 58.2 Å². The average Bonchev–Trinajstić information content (AvgIpc) is 3.88. The molecule has 0 aliphatic heterocycles. The number of alkyl halides is 4. The maximum Gasteiger partial charge on any atom is 0.340 e. The minimum atomic E-state index is -2.95. The summed E-state index contributed by atoms with van der Waals surface area (Å²) in [6.45, 7) is 5.59. The number of aromatic nitrogens is 2. The van der Waals surface area contributed by atoms with Gasteiger partial charge in [0.2, 0.25) is 11.8 Å². The number of aromatic carboxylic acids is 1. The highest BCUT2D eigenvalue weighted by Gasteiger charge is 2.45. The second kappa shape index (κ2) is 13.3. The molecule has 2 aliphatic carbocycles. The molecule has 14 heteroatoms. The fraction of sp³-hybridized carbons (Fsp3) is 0.500. The Kier molecular flexibility index (Phi) is 10.2. The number of carbonyl (C=O) groups excluding carboxylic acids is 3. The molecule has 10 nitrogen and oxygen atoms in total. The normalized spacial score (nSPS) is 15.7. The topological polar surface area (TPSA) is 148 Å². The molecule has 3 N–H and O–H groups in total. The number of halogens is 4. The lowest BCUT2D eigenvalue weighted by Crippen LogP contribution is -2.29. The van der Waals surface area contributed by atoms with Crippen LogP contribution in [0, 0.1) is 10.8 Å². The van der Waals surface area contributed by atoms with Gasteiger partial charge in [0.1, 0.15) is 11.4 Å². The fourth-order valence-corrected chi connectivity index (χ4v) is 3.74. The molecule has 2 aromatic rings. The summed E-state index contributed by atoms with van der Waals surface area (Å²) in [6, 6.07) is 2.41. The number of nitrogens with zero attached hydrogens (tertiary/aromatic N) is 2. The van der Waals surface area contributed by atoms with Crippen LogP contribution in [0.3, 0.4) is 0 Å². The maximum atomic E-state index is 12.9. The van der Waals surface area contributed by atoms with Crippen molar-refractivity contribution in [3.8, 4) is 0 Å². The highest BCUT2D eigenvalue weighted by molar-refractivity contribution is 5.91. The molecule has 0 aromatic carbocycles. The van der Waals surface area contributed by atoms with Crippen LogP contribution in [0.5, 0.6) is 0 Å². The summed E-state index contributed by atoms with van der Waals surface area (Å²) in [5, 5.41) is 14.3. The molecule has 2 aromatic heterocycles. The van der Waals surface area contributed by atoms with E-state index in [2.05, 4.69) is 20.6 Å². The minimum Gasteiger partial charge on any atom is -0.478 e. The Morgan fingerprint density at radius 1 is 0.833 bits per heavy atom. The number of esters is 1. The highest BCUT2D eigenvalue weighted by Crippen LogP contribution is 2.45. The van der Waals surface area contributed by atoms with Crippen molar-refractivity contribution in [2.45, 2.75) is 72.4 Å². The number of amides is 2. The second-order valence-corrected chi connectivity index (χ2v) is 10.7. The Hall–Kier alpha value is -4.10. The molecule has 0 unspecified atom stereocenters. The largest absolute Gasteiger partial charge is 0.478 e. The standard InChI is InChI=1S/C15H18F2N2O3.C13H14F2N2O3/c1-3-22-13(20)10-6-9(7-18-11(10)12(16)17)8-19-14(21)15(2)4-5-15;1-13(2-3-13)12(20)17-6-7-4-8(11(18)19)9(10(14)15)16-5-7/h6-7,12H,3-5,8H2,1-2H3,(H,19,21);4-5,10H,2-3,6H2,1H3,(H,17,20)(H,18,19). The Balaban J connectivity index is 0.000000231.